The molecule has 2 bridgehead atoms. The van der Waals surface area contributed by atoms with Gasteiger partial charge in [0.05, 0.1) is 47.6 Å². The summed E-state index contributed by atoms with van der Waals surface area (Å²) in [7, 11) is 0. The fraction of sp³-hybridized carbons (Fsp3) is 0.500. The van der Waals surface area contributed by atoms with Crippen LogP contribution in [0.2, 0.25) is 0 Å². The largest absolute Gasteiger partial charge is 0.416 e. The Kier molecular flexibility index (Phi) is 7.11. The molecule has 1 amide bonds. The van der Waals surface area contributed by atoms with E-state index in [1.54, 1.807) is 6.92 Å². The van der Waals surface area contributed by atoms with Crippen LogP contribution >= 0.6 is 0 Å². The van der Waals surface area contributed by atoms with Gasteiger partial charge in [0.1, 0.15) is 0 Å². The van der Waals surface area contributed by atoms with Gasteiger partial charge in [-0.3, -0.25) is 9.69 Å². The molecule has 2 aliphatic rings. The number of nitrogens with zero attached hydrogens (tertiary/aromatic N) is 1. The van der Waals surface area contributed by atoms with Gasteiger partial charge in [-0.05, 0) is 56.0 Å². The third-order valence-electron chi connectivity index (χ3n) is 7.52. The first-order valence-corrected chi connectivity index (χ1v) is 11.9. The molecular formula is C26H28F6N2O3. The second kappa shape index (κ2) is 9.59. The quantitative estimate of drug-likeness (QED) is 0.514. The van der Waals surface area contributed by atoms with Crippen LogP contribution in [-0.4, -0.2) is 47.3 Å². The van der Waals surface area contributed by atoms with Crippen LogP contribution in [0.15, 0.2) is 48.5 Å². The number of piperazine rings is 1. The number of benzene rings is 2. The molecule has 2 saturated heterocycles. The van der Waals surface area contributed by atoms with Crippen molar-refractivity contribution in [3.05, 3.63) is 70.8 Å². The van der Waals surface area contributed by atoms with Gasteiger partial charge in [0, 0.05) is 6.54 Å². The van der Waals surface area contributed by atoms with Crippen molar-refractivity contribution in [1.82, 2.24) is 10.2 Å². The monoisotopic (exact) mass is 530 g/mol. The van der Waals surface area contributed by atoms with Gasteiger partial charge >= 0.3 is 12.4 Å². The van der Waals surface area contributed by atoms with Crippen molar-refractivity contribution in [3.63, 3.8) is 0 Å². The van der Waals surface area contributed by atoms with E-state index in [2.05, 4.69) is 5.32 Å². The average Bonchev–Trinajstić information content (AvgIpc) is 2.83. The lowest BCUT2D eigenvalue weighted by Gasteiger charge is -2.58. The smallest absolute Gasteiger partial charge is 0.394 e. The predicted octanol–water partition coefficient (Wildman–Crippen LogP) is 5.04. The van der Waals surface area contributed by atoms with E-state index in [1.165, 1.54) is 6.92 Å². The molecule has 4 rings (SSSR count). The number of amides is 1. The van der Waals surface area contributed by atoms with E-state index in [-0.39, 0.29) is 30.7 Å². The summed E-state index contributed by atoms with van der Waals surface area (Å²) in [6.07, 6.45) is -11.0. The maximum Gasteiger partial charge on any atom is 0.416 e. The van der Waals surface area contributed by atoms with Crippen molar-refractivity contribution in [3.8, 4) is 0 Å². The molecule has 2 heterocycles. The van der Waals surface area contributed by atoms with Crippen LogP contribution in [0.3, 0.4) is 0 Å². The molecule has 0 radical (unpaired) electrons. The second-order valence-corrected chi connectivity index (χ2v) is 9.89. The molecule has 2 aromatic rings. The standard InChI is InChI=1S/C26H28F6N2O3/c1-16(18-10-20(25(27,28)29)12-21(11-18)26(30,31)32)37-17(2)24(19-6-4-3-5-7-19)9-8-23(15-35)14-34(24)13-22(36)33-23/h3-7,10-12,16-17,35H,8-9,13-15H2,1-2H3,(H,33,36)/t16-,17?,23+,24-/m1/s1. The summed E-state index contributed by atoms with van der Waals surface area (Å²) in [6.45, 7) is 3.17. The van der Waals surface area contributed by atoms with E-state index in [9.17, 15) is 36.2 Å². The number of fused-ring (bicyclic) bond motifs is 2. The van der Waals surface area contributed by atoms with Crippen molar-refractivity contribution in [2.75, 3.05) is 19.7 Å². The Morgan fingerprint density at radius 1 is 1.00 bits per heavy atom. The molecule has 2 fully saturated rings. The molecule has 0 aliphatic carbocycles. The second-order valence-electron chi connectivity index (χ2n) is 9.89. The van der Waals surface area contributed by atoms with E-state index >= 15 is 0 Å². The number of piperidine rings is 1. The molecule has 11 heteroatoms. The van der Waals surface area contributed by atoms with Gasteiger partial charge in [0.15, 0.2) is 0 Å². The minimum Gasteiger partial charge on any atom is -0.394 e. The molecule has 37 heavy (non-hydrogen) atoms. The number of carbonyl (C=O) groups is 1. The molecule has 0 aromatic heterocycles. The Morgan fingerprint density at radius 3 is 2.14 bits per heavy atom. The van der Waals surface area contributed by atoms with E-state index < -0.39 is 46.8 Å². The third-order valence-corrected chi connectivity index (χ3v) is 7.52. The van der Waals surface area contributed by atoms with E-state index in [0.717, 1.165) is 5.56 Å². The number of halogens is 6. The fourth-order valence-corrected chi connectivity index (χ4v) is 5.61. The van der Waals surface area contributed by atoms with Crippen LogP contribution in [0.5, 0.6) is 0 Å². The third kappa shape index (κ3) is 5.21. The highest BCUT2D eigenvalue weighted by Gasteiger charge is 2.55. The van der Waals surface area contributed by atoms with E-state index in [0.29, 0.717) is 31.5 Å². The number of nitrogens with one attached hydrogen (secondary N) is 1. The van der Waals surface area contributed by atoms with Crippen LogP contribution in [0.4, 0.5) is 26.3 Å². The summed E-state index contributed by atoms with van der Waals surface area (Å²) in [5.74, 6) is -0.284. The molecule has 202 valence electrons. The molecule has 5 nitrogen and oxygen atoms in total. The molecule has 5 atom stereocenters. The van der Waals surface area contributed by atoms with Crippen LogP contribution in [0, 0.1) is 0 Å². The lowest BCUT2D eigenvalue weighted by Crippen LogP contribution is -2.74. The number of hydrogen-bond acceptors (Lipinski definition) is 4. The number of ether oxygens (including phenoxy) is 1. The number of aliphatic hydroxyl groups is 1. The Bertz CT molecular complexity index is 1110. The molecular weight excluding hydrogens is 502 g/mol. The summed E-state index contributed by atoms with van der Waals surface area (Å²) >= 11 is 0. The lowest BCUT2D eigenvalue weighted by atomic mass is 9.70. The molecule has 2 unspecified atom stereocenters. The number of carbonyl (C=O) groups excluding carboxylic acids is 1. The molecule has 0 spiro atoms. The van der Waals surface area contributed by atoms with Crippen molar-refractivity contribution < 1.29 is 41.0 Å². The Labute approximate surface area is 210 Å². The van der Waals surface area contributed by atoms with Gasteiger partial charge in [0.25, 0.3) is 0 Å². The molecule has 0 saturated carbocycles. The summed E-state index contributed by atoms with van der Waals surface area (Å²) in [5, 5.41) is 12.9. The number of hydrogen-bond donors (Lipinski definition) is 2. The first-order chi connectivity index (χ1) is 17.2. The molecule has 2 aliphatic heterocycles. The highest BCUT2D eigenvalue weighted by molar-refractivity contribution is 5.80. The number of rotatable bonds is 6. The first kappa shape index (κ1) is 27.4. The SMILES string of the molecule is CC(O[C@H](C)c1cc(C(F)(F)F)cc(C(F)(F)F)c1)[C@@]1(c2ccccc2)CC[C@@]2(CO)CN1CC(=O)N2. The van der Waals surface area contributed by atoms with Gasteiger partial charge < -0.3 is 15.2 Å². The van der Waals surface area contributed by atoms with Crippen molar-refractivity contribution in [1.29, 1.82) is 0 Å². The highest BCUT2D eigenvalue weighted by atomic mass is 19.4. The zero-order valence-corrected chi connectivity index (χ0v) is 20.3. The maximum absolute atomic E-state index is 13.4. The van der Waals surface area contributed by atoms with Gasteiger partial charge in [-0.1, -0.05) is 30.3 Å². The predicted molar refractivity (Wildman–Crippen MR) is 122 cm³/mol. The average molecular weight is 531 g/mol. The highest BCUT2D eigenvalue weighted by Crippen LogP contribution is 2.47. The van der Waals surface area contributed by atoms with E-state index in [4.69, 9.17) is 4.74 Å². The first-order valence-electron chi connectivity index (χ1n) is 11.9. The van der Waals surface area contributed by atoms with Gasteiger partial charge in [0.2, 0.25) is 5.91 Å². The number of alkyl halides is 6. The summed E-state index contributed by atoms with van der Waals surface area (Å²) in [5.41, 5.74) is -4.00. The van der Waals surface area contributed by atoms with Crippen LogP contribution < -0.4 is 5.32 Å². The van der Waals surface area contributed by atoms with Crippen LogP contribution in [-0.2, 0) is 27.4 Å². The molecule has 2 N–H and O–H groups in total. The van der Waals surface area contributed by atoms with Crippen molar-refractivity contribution in [2.24, 2.45) is 0 Å². The zero-order valence-electron chi connectivity index (χ0n) is 20.3. The fourth-order valence-electron chi connectivity index (χ4n) is 5.61. The Balaban J connectivity index is 1.72. The van der Waals surface area contributed by atoms with Crippen LogP contribution in [0.25, 0.3) is 0 Å². The normalized spacial score (nSPS) is 27.9. The van der Waals surface area contributed by atoms with Gasteiger partial charge in [-0.25, -0.2) is 0 Å². The number of aliphatic hydroxyl groups excluding tert-OH is 1. The van der Waals surface area contributed by atoms with Gasteiger partial charge in [-0.2, -0.15) is 26.3 Å². The maximum atomic E-state index is 13.4. The van der Waals surface area contributed by atoms with Crippen LogP contribution in [0.1, 0.15) is 55.0 Å². The minimum absolute atomic E-state index is 0.000502. The van der Waals surface area contributed by atoms with Crippen molar-refractivity contribution >= 4 is 5.91 Å². The minimum atomic E-state index is -4.97. The molecule has 2 aromatic carbocycles. The van der Waals surface area contributed by atoms with Crippen molar-refractivity contribution in [2.45, 2.75) is 62.3 Å². The Morgan fingerprint density at radius 2 is 1.59 bits per heavy atom. The summed E-state index contributed by atoms with van der Waals surface area (Å²) in [6, 6.07) is 10.6. The lowest BCUT2D eigenvalue weighted by molar-refractivity contribution is -0.160. The topological polar surface area (TPSA) is 61.8 Å². The summed E-state index contributed by atoms with van der Waals surface area (Å²) < 4.78 is 86.6. The summed E-state index contributed by atoms with van der Waals surface area (Å²) in [4.78, 5) is 14.5. The Hall–Kier alpha value is -2.63. The van der Waals surface area contributed by atoms with Gasteiger partial charge in [-0.15, -0.1) is 0 Å². The zero-order chi connectivity index (χ0) is 27.2. The van der Waals surface area contributed by atoms with E-state index in [1.807, 2.05) is 35.2 Å².